The van der Waals surface area contributed by atoms with Crippen LogP contribution in [0.4, 0.5) is 11.4 Å². The lowest BCUT2D eigenvalue weighted by Crippen LogP contribution is -2.49. The van der Waals surface area contributed by atoms with E-state index in [1.165, 1.54) is 32.1 Å². The number of hydrogen-bond acceptors (Lipinski definition) is 2. The average Bonchev–Trinajstić information content (AvgIpc) is 2.41. The predicted octanol–water partition coefficient (Wildman–Crippen LogP) is 3.59. The summed E-state index contributed by atoms with van der Waals surface area (Å²) in [7, 11) is 0. The summed E-state index contributed by atoms with van der Waals surface area (Å²) in [6.07, 6.45) is 6.54. The standard InChI is InChI=1S/C18H24N2O/c1-10-2-3-15(9-16(10)19)20-18(21)17-13-5-11-4-12(7-13)8-14(17)6-11/h2-3,9,11-14,17H,4-8,19H2,1H3,(H,20,21). The zero-order valence-corrected chi connectivity index (χ0v) is 12.6. The molecule has 112 valence electrons. The van der Waals surface area contributed by atoms with Gasteiger partial charge >= 0.3 is 0 Å². The first-order chi connectivity index (χ1) is 10.1. The third kappa shape index (κ3) is 2.23. The van der Waals surface area contributed by atoms with Gasteiger partial charge in [0, 0.05) is 17.3 Å². The number of rotatable bonds is 2. The van der Waals surface area contributed by atoms with Crippen LogP contribution in [-0.4, -0.2) is 5.91 Å². The Bertz CT molecular complexity index is 553. The van der Waals surface area contributed by atoms with E-state index in [2.05, 4.69) is 5.32 Å². The minimum atomic E-state index is 0.229. The summed E-state index contributed by atoms with van der Waals surface area (Å²) in [5.74, 6) is 3.54. The Balaban J connectivity index is 1.51. The van der Waals surface area contributed by atoms with Gasteiger partial charge in [-0.25, -0.2) is 0 Å². The molecular formula is C18H24N2O. The molecule has 4 aliphatic carbocycles. The minimum absolute atomic E-state index is 0.229. The molecule has 0 saturated heterocycles. The maximum atomic E-state index is 12.7. The summed E-state index contributed by atoms with van der Waals surface area (Å²) in [6.45, 7) is 1.98. The van der Waals surface area contributed by atoms with Crippen LogP contribution in [0.3, 0.4) is 0 Å². The molecule has 1 aromatic rings. The molecule has 0 spiro atoms. The molecular weight excluding hydrogens is 260 g/mol. The van der Waals surface area contributed by atoms with Crippen molar-refractivity contribution in [2.75, 3.05) is 11.1 Å². The lowest BCUT2D eigenvalue weighted by Gasteiger charge is -2.53. The normalized spacial score (nSPS) is 36.7. The number of nitrogens with two attached hydrogens (primary N) is 1. The highest BCUT2D eigenvalue weighted by Crippen LogP contribution is 2.56. The van der Waals surface area contributed by atoms with Gasteiger partial charge < -0.3 is 11.1 Å². The summed E-state index contributed by atoms with van der Waals surface area (Å²) in [6, 6.07) is 5.81. The molecule has 1 amide bonds. The molecule has 0 unspecified atom stereocenters. The van der Waals surface area contributed by atoms with Crippen LogP contribution in [0.1, 0.15) is 37.7 Å². The maximum absolute atomic E-state index is 12.7. The number of benzene rings is 1. The molecule has 4 aliphatic rings. The fourth-order valence-corrected chi connectivity index (χ4v) is 5.30. The average molecular weight is 284 g/mol. The molecule has 0 radical (unpaired) electrons. The van der Waals surface area contributed by atoms with Crippen LogP contribution in [-0.2, 0) is 4.79 Å². The molecule has 3 N–H and O–H groups in total. The van der Waals surface area contributed by atoms with E-state index in [0.29, 0.717) is 11.8 Å². The van der Waals surface area contributed by atoms with Gasteiger partial charge in [-0.3, -0.25) is 4.79 Å². The lowest BCUT2D eigenvalue weighted by atomic mass is 9.51. The molecule has 3 heteroatoms. The Hall–Kier alpha value is -1.51. The van der Waals surface area contributed by atoms with E-state index in [0.717, 1.165) is 28.8 Å². The largest absolute Gasteiger partial charge is 0.398 e. The summed E-state index contributed by atoms with van der Waals surface area (Å²) in [5.41, 5.74) is 8.59. The summed E-state index contributed by atoms with van der Waals surface area (Å²) in [5, 5.41) is 3.12. The minimum Gasteiger partial charge on any atom is -0.398 e. The first-order valence-electron chi connectivity index (χ1n) is 8.27. The zero-order valence-electron chi connectivity index (χ0n) is 12.6. The van der Waals surface area contributed by atoms with Crippen molar-refractivity contribution in [2.45, 2.75) is 39.0 Å². The molecule has 3 nitrogen and oxygen atoms in total. The molecule has 4 saturated carbocycles. The van der Waals surface area contributed by atoms with Crippen molar-refractivity contribution in [1.29, 1.82) is 0 Å². The van der Waals surface area contributed by atoms with Crippen molar-refractivity contribution in [2.24, 2.45) is 29.6 Å². The fourth-order valence-electron chi connectivity index (χ4n) is 5.30. The highest BCUT2D eigenvalue weighted by atomic mass is 16.1. The van der Waals surface area contributed by atoms with E-state index in [1.807, 2.05) is 25.1 Å². The highest BCUT2D eigenvalue weighted by molar-refractivity contribution is 5.93. The van der Waals surface area contributed by atoms with Crippen molar-refractivity contribution >= 4 is 17.3 Å². The number of nitrogen functional groups attached to an aromatic ring is 1. The van der Waals surface area contributed by atoms with E-state index in [4.69, 9.17) is 5.73 Å². The van der Waals surface area contributed by atoms with Crippen LogP contribution in [0.25, 0.3) is 0 Å². The molecule has 0 heterocycles. The van der Waals surface area contributed by atoms with Crippen molar-refractivity contribution in [3.05, 3.63) is 23.8 Å². The second-order valence-electron chi connectivity index (χ2n) is 7.52. The zero-order chi connectivity index (χ0) is 14.6. The van der Waals surface area contributed by atoms with Crippen LogP contribution in [0.15, 0.2) is 18.2 Å². The molecule has 0 aliphatic heterocycles. The Morgan fingerprint density at radius 3 is 2.29 bits per heavy atom. The molecule has 0 aromatic heterocycles. The van der Waals surface area contributed by atoms with Crippen molar-refractivity contribution < 1.29 is 4.79 Å². The van der Waals surface area contributed by atoms with E-state index in [1.54, 1.807) is 0 Å². The van der Waals surface area contributed by atoms with Gasteiger partial charge in [0.1, 0.15) is 0 Å². The van der Waals surface area contributed by atoms with Crippen LogP contribution in [0, 0.1) is 36.5 Å². The highest BCUT2D eigenvalue weighted by Gasteiger charge is 2.50. The van der Waals surface area contributed by atoms with Crippen molar-refractivity contribution in [1.82, 2.24) is 0 Å². The van der Waals surface area contributed by atoms with Crippen LogP contribution < -0.4 is 11.1 Å². The summed E-state index contributed by atoms with van der Waals surface area (Å²) in [4.78, 5) is 12.7. The van der Waals surface area contributed by atoms with Crippen molar-refractivity contribution in [3.8, 4) is 0 Å². The molecule has 1 aromatic carbocycles. The first kappa shape index (κ1) is 13.2. The topological polar surface area (TPSA) is 55.1 Å². The Labute approximate surface area is 126 Å². The number of hydrogen-bond donors (Lipinski definition) is 2. The Morgan fingerprint density at radius 2 is 1.71 bits per heavy atom. The Morgan fingerprint density at radius 1 is 1.10 bits per heavy atom. The molecule has 4 bridgehead atoms. The second kappa shape index (κ2) is 4.75. The van der Waals surface area contributed by atoms with Gasteiger partial charge in [-0.2, -0.15) is 0 Å². The number of nitrogens with one attached hydrogen (secondary N) is 1. The maximum Gasteiger partial charge on any atom is 0.228 e. The van der Waals surface area contributed by atoms with Crippen LogP contribution in [0.5, 0.6) is 0 Å². The van der Waals surface area contributed by atoms with Gasteiger partial charge in [-0.1, -0.05) is 6.07 Å². The van der Waals surface area contributed by atoms with Crippen LogP contribution >= 0.6 is 0 Å². The van der Waals surface area contributed by atoms with Gasteiger partial charge in [0.2, 0.25) is 5.91 Å². The van der Waals surface area contributed by atoms with E-state index in [9.17, 15) is 4.79 Å². The van der Waals surface area contributed by atoms with E-state index in [-0.39, 0.29) is 11.8 Å². The molecule has 0 atom stereocenters. The third-order valence-electron chi connectivity index (χ3n) is 6.08. The van der Waals surface area contributed by atoms with Crippen molar-refractivity contribution in [3.63, 3.8) is 0 Å². The quantitative estimate of drug-likeness (QED) is 0.815. The van der Waals surface area contributed by atoms with Gasteiger partial charge in [0.25, 0.3) is 0 Å². The monoisotopic (exact) mass is 284 g/mol. The molecule has 21 heavy (non-hydrogen) atoms. The van der Waals surface area contributed by atoms with Gasteiger partial charge in [0.15, 0.2) is 0 Å². The van der Waals surface area contributed by atoms with Gasteiger partial charge in [-0.15, -0.1) is 0 Å². The van der Waals surface area contributed by atoms with E-state index < -0.39 is 0 Å². The number of anilines is 2. The lowest BCUT2D eigenvalue weighted by molar-refractivity contribution is -0.132. The smallest absolute Gasteiger partial charge is 0.228 e. The van der Waals surface area contributed by atoms with Gasteiger partial charge in [-0.05, 0) is 80.4 Å². The Kier molecular flexibility index (Phi) is 2.98. The molecule has 5 rings (SSSR count). The number of aryl methyl sites for hydroxylation is 1. The summed E-state index contributed by atoms with van der Waals surface area (Å²) < 4.78 is 0. The van der Waals surface area contributed by atoms with E-state index >= 15 is 0 Å². The van der Waals surface area contributed by atoms with Crippen LogP contribution in [0.2, 0.25) is 0 Å². The number of amides is 1. The van der Waals surface area contributed by atoms with Gasteiger partial charge in [0.05, 0.1) is 0 Å². The first-order valence-corrected chi connectivity index (χ1v) is 8.27. The summed E-state index contributed by atoms with van der Waals surface area (Å²) >= 11 is 0. The third-order valence-corrected chi connectivity index (χ3v) is 6.08. The number of carbonyl (C=O) groups is 1. The number of carbonyl (C=O) groups excluding carboxylic acids is 1. The molecule has 4 fully saturated rings. The fraction of sp³-hybridized carbons (Fsp3) is 0.611. The SMILES string of the molecule is Cc1ccc(NC(=O)C2C3CC4CC(C3)CC2C4)cc1N. The predicted molar refractivity (Wildman–Crippen MR) is 84.8 cm³/mol. The second-order valence-corrected chi connectivity index (χ2v) is 7.52.